The van der Waals surface area contributed by atoms with E-state index in [0.29, 0.717) is 6.20 Å². The Morgan fingerprint density at radius 2 is 1.88 bits per heavy atom. The first-order chi connectivity index (χ1) is 11.0. The van der Waals surface area contributed by atoms with Gasteiger partial charge in [-0.05, 0) is 23.8 Å². The maximum absolute atomic E-state index is 13.7. The average Bonchev–Trinajstić information content (AvgIpc) is 2.93. The highest BCUT2D eigenvalue weighted by molar-refractivity contribution is 5.49. The fraction of sp³-hybridized carbons (Fsp3) is 0.333. The minimum atomic E-state index is -4.95. The van der Waals surface area contributed by atoms with Gasteiger partial charge < -0.3 is 14.8 Å². The van der Waals surface area contributed by atoms with Crippen LogP contribution in [0.1, 0.15) is 28.5 Å². The third-order valence-corrected chi connectivity index (χ3v) is 3.94. The van der Waals surface area contributed by atoms with E-state index in [1.165, 1.54) is 6.07 Å². The highest BCUT2D eigenvalue weighted by Crippen LogP contribution is 2.49. The molecule has 0 spiro atoms. The van der Waals surface area contributed by atoms with Crippen molar-refractivity contribution in [1.82, 2.24) is 4.57 Å². The van der Waals surface area contributed by atoms with Crippen molar-refractivity contribution in [3.63, 3.8) is 0 Å². The van der Waals surface area contributed by atoms with Crippen molar-refractivity contribution < 1.29 is 36.6 Å². The van der Waals surface area contributed by atoms with Gasteiger partial charge in [0.2, 0.25) is 0 Å². The number of rotatable bonds is 2. The first-order valence-electron chi connectivity index (χ1n) is 6.82. The quantitative estimate of drug-likeness (QED) is 0.815. The molecule has 0 bridgehead atoms. The molecular weight excluding hydrogens is 340 g/mol. The van der Waals surface area contributed by atoms with Crippen LogP contribution in [0.15, 0.2) is 24.4 Å². The molecule has 130 valence electrons. The van der Waals surface area contributed by atoms with E-state index in [2.05, 4.69) is 0 Å². The summed E-state index contributed by atoms with van der Waals surface area (Å²) in [5.74, 6) is -4.58. The second-order valence-electron chi connectivity index (χ2n) is 5.59. The lowest BCUT2D eigenvalue weighted by Gasteiger charge is -2.16. The molecule has 0 saturated heterocycles. The van der Waals surface area contributed by atoms with Gasteiger partial charge in [0.05, 0.1) is 18.6 Å². The minimum absolute atomic E-state index is 0.0753. The lowest BCUT2D eigenvalue weighted by Crippen LogP contribution is -2.23. The Labute approximate surface area is 131 Å². The Morgan fingerprint density at radius 3 is 2.46 bits per heavy atom. The molecule has 0 aliphatic heterocycles. The maximum Gasteiger partial charge on any atom is 0.418 e. The van der Waals surface area contributed by atoms with Gasteiger partial charge in [-0.25, -0.2) is 13.2 Å². The van der Waals surface area contributed by atoms with Crippen LogP contribution in [-0.4, -0.2) is 20.7 Å². The topological polar surface area (TPSA) is 45.4 Å². The Balaban J connectivity index is 2.25. The first-order valence-corrected chi connectivity index (χ1v) is 6.82. The largest absolute Gasteiger partial charge is 0.418 e. The predicted molar refractivity (Wildman–Crippen MR) is 70.3 cm³/mol. The van der Waals surface area contributed by atoms with Crippen molar-refractivity contribution in [3.8, 4) is 5.69 Å². The zero-order chi connectivity index (χ0) is 17.9. The van der Waals surface area contributed by atoms with E-state index in [1.54, 1.807) is 0 Å². The van der Waals surface area contributed by atoms with Gasteiger partial charge in [-0.2, -0.15) is 13.2 Å². The molecule has 2 aromatic rings. The van der Waals surface area contributed by atoms with Crippen LogP contribution in [0.4, 0.5) is 26.3 Å². The monoisotopic (exact) mass is 351 g/mol. The van der Waals surface area contributed by atoms with Crippen molar-refractivity contribution >= 4 is 0 Å². The zero-order valence-electron chi connectivity index (χ0n) is 11.9. The molecule has 2 N–H and O–H groups in total. The summed E-state index contributed by atoms with van der Waals surface area (Å²) in [5.41, 5.74) is -2.80. The van der Waals surface area contributed by atoms with Crippen molar-refractivity contribution in [2.24, 2.45) is 0 Å². The number of benzene rings is 1. The average molecular weight is 351 g/mol. The first kappa shape index (κ1) is 16.8. The van der Waals surface area contributed by atoms with E-state index >= 15 is 0 Å². The number of nitrogens with zero attached hydrogens (tertiary/aromatic N) is 1. The van der Waals surface area contributed by atoms with Gasteiger partial charge in [0, 0.05) is 23.1 Å². The van der Waals surface area contributed by atoms with Crippen LogP contribution >= 0.6 is 0 Å². The third-order valence-electron chi connectivity index (χ3n) is 3.94. The highest BCUT2D eigenvalue weighted by Gasteiger charge is 2.53. The molecule has 24 heavy (non-hydrogen) atoms. The van der Waals surface area contributed by atoms with E-state index in [0.717, 1.165) is 16.7 Å². The Kier molecular flexibility index (Phi) is 3.68. The molecule has 0 saturated carbocycles. The number of aliphatic hydroxyl groups is 2. The van der Waals surface area contributed by atoms with Crippen molar-refractivity contribution in [1.29, 1.82) is 0 Å². The molecule has 9 heteroatoms. The number of aliphatic hydroxyl groups excluding tert-OH is 2. The van der Waals surface area contributed by atoms with Gasteiger partial charge in [0.25, 0.3) is 5.92 Å². The molecule has 0 fully saturated rings. The summed E-state index contributed by atoms with van der Waals surface area (Å²) < 4.78 is 81.2. The number of halogens is 6. The molecule has 1 atom stereocenters. The molecule has 1 heterocycles. The number of alkyl halides is 5. The lowest BCUT2D eigenvalue weighted by molar-refractivity contribution is -0.142. The molecule has 1 aromatic heterocycles. The number of hydrogen-bond donors (Lipinski definition) is 2. The maximum atomic E-state index is 13.7. The summed E-state index contributed by atoms with van der Waals surface area (Å²) in [4.78, 5) is 0. The fourth-order valence-corrected chi connectivity index (χ4v) is 2.90. The van der Waals surface area contributed by atoms with Crippen LogP contribution in [0, 0.1) is 5.82 Å². The fourth-order valence-electron chi connectivity index (χ4n) is 2.90. The molecule has 3 rings (SSSR count). The van der Waals surface area contributed by atoms with Crippen LogP contribution in [0.2, 0.25) is 0 Å². The van der Waals surface area contributed by atoms with E-state index in [1.807, 2.05) is 0 Å². The molecule has 0 amide bonds. The summed E-state index contributed by atoms with van der Waals surface area (Å²) in [6.07, 6.45) is -8.09. The van der Waals surface area contributed by atoms with Crippen molar-refractivity contribution in [2.75, 3.05) is 0 Å². The molecule has 0 radical (unpaired) electrons. The van der Waals surface area contributed by atoms with Gasteiger partial charge >= 0.3 is 6.18 Å². The lowest BCUT2D eigenvalue weighted by atomic mass is 10.1. The van der Waals surface area contributed by atoms with Gasteiger partial charge in [0.15, 0.2) is 0 Å². The Bertz CT molecular complexity index is 796. The van der Waals surface area contributed by atoms with E-state index in [-0.39, 0.29) is 11.3 Å². The zero-order valence-corrected chi connectivity index (χ0v) is 11.9. The highest BCUT2D eigenvalue weighted by atomic mass is 19.4. The predicted octanol–water partition coefficient (Wildman–Crippen LogP) is 3.35. The molecule has 0 unspecified atom stereocenters. The summed E-state index contributed by atoms with van der Waals surface area (Å²) in [6, 6.07) is 3.02. The van der Waals surface area contributed by atoms with E-state index in [9.17, 15) is 31.4 Å². The van der Waals surface area contributed by atoms with Crippen molar-refractivity contribution in [3.05, 3.63) is 52.6 Å². The standard InChI is InChI=1S/C15H11F6NO2/c16-8-1-7(6-23)2-9(3-8)22-5-10(15(19,20)21)12-11(22)4-14(17,18)13(12)24/h1-3,5,13,23-24H,4,6H2/t13-/m0/s1. The summed E-state index contributed by atoms with van der Waals surface area (Å²) in [5, 5.41) is 18.7. The Morgan fingerprint density at radius 1 is 1.21 bits per heavy atom. The molecule has 1 aromatic carbocycles. The number of aromatic nitrogens is 1. The summed E-state index contributed by atoms with van der Waals surface area (Å²) >= 11 is 0. The van der Waals surface area contributed by atoms with Crippen LogP contribution in [-0.2, 0) is 19.2 Å². The van der Waals surface area contributed by atoms with Gasteiger partial charge in [0.1, 0.15) is 11.9 Å². The van der Waals surface area contributed by atoms with E-state index in [4.69, 9.17) is 5.11 Å². The van der Waals surface area contributed by atoms with E-state index < -0.39 is 53.9 Å². The smallest absolute Gasteiger partial charge is 0.392 e. The second kappa shape index (κ2) is 5.25. The van der Waals surface area contributed by atoms with Crippen molar-refractivity contribution in [2.45, 2.75) is 31.2 Å². The molecular formula is C15H11F6NO2. The van der Waals surface area contributed by atoms with Crippen LogP contribution < -0.4 is 0 Å². The van der Waals surface area contributed by atoms with Gasteiger partial charge in [-0.1, -0.05) is 0 Å². The Hall–Kier alpha value is -2.00. The summed E-state index contributed by atoms with van der Waals surface area (Å²) in [7, 11) is 0. The second-order valence-corrected chi connectivity index (χ2v) is 5.59. The minimum Gasteiger partial charge on any atom is -0.392 e. The SMILES string of the molecule is OCc1cc(F)cc(-n2cc(C(F)(F)F)c3c2CC(F)(F)[C@H]3O)c1. The number of fused-ring (bicyclic) bond motifs is 1. The van der Waals surface area contributed by atoms with Gasteiger partial charge in [-0.15, -0.1) is 0 Å². The van der Waals surface area contributed by atoms with Crippen LogP contribution in [0.5, 0.6) is 0 Å². The van der Waals surface area contributed by atoms with Crippen LogP contribution in [0.3, 0.4) is 0 Å². The summed E-state index contributed by atoms with van der Waals surface area (Å²) in [6.45, 7) is -0.570. The van der Waals surface area contributed by atoms with Crippen LogP contribution in [0.25, 0.3) is 5.69 Å². The van der Waals surface area contributed by atoms with Gasteiger partial charge in [-0.3, -0.25) is 0 Å². The molecule has 1 aliphatic rings. The third kappa shape index (κ3) is 2.57. The molecule has 3 nitrogen and oxygen atoms in total. The molecule has 1 aliphatic carbocycles. The normalized spacial score (nSPS) is 19.6. The number of hydrogen-bond acceptors (Lipinski definition) is 2.